The van der Waals surface area contributed by atoms with Gasteiger partial charge in [0.1, 0.15) is 0 Å². The Morgan fingerprint density at radius 2 is 1.93 bits per heavy atom. The first-order valence-corrected chi connectivity index (χ1v) is 9.34. The van der Waals surface area contributed by atoms with Crippen molar-refractivity contribution in [3.05, 3.63) is 64.5 Å². The van der Waals surface area contributed by atoms with Gasteiger partial charge in [0.15, 0.2) is 16.3 Å². The Morgan fingerprint density at radius 3 is 2.59 bits per heavy atom. The summed E-state index contributed by atoms with van der Waals surface area (Å²) >= 11 is 1.51. The van der Waals surface area contributed by atoms with Crippen LogP contribution in [0.3, 0.4) is 0 Å². The number of carbonyl (C=O) groups excluding carboxylic acids is 1. The van der Waals surface area contributed by atoms with Crippen molar-refractivity contribution in [2.75, 3.05) is 14.2 Å². The van der Waals surface area contributed by atoms with E-state index in [1.54, 1.807) is 25.3 Å². The summed E-state index contributed by atoms with van der Waals surface area (Å²) in [4.78, 5) is 18.0. The molecule has 3 aromatic rings. The number of benzene rings is 2. The molecule has 0 saturated heterocycles. The maximum absolute atomic E-state index is 12.9. The third kappa shape index (κ3) is 3.40. The van der Waals surface area contributed by atoms with Gasteiger partial charge in [-0.1, -0.05) is 35.6 Å². The first-order chi connectivity index (χ1) is 13.0. The second-order valence-corrected chi connectivity index (χ2v) is 7.10. The third-order valence-electron chi connectivity index (χ3n) is 4.37. The number of fused-ring (bicyclic) bond motifs is 1. The number of carbonyl (C=O) groups is 1. The van der Waals surface area contributed by atoms with Gasteiger partial charge in [-0.2, -0.15) is 4.99 Å². The highest BCUT2D eigenvalue weighted by Gasteiger charge is 2.17. The van der Waals surface area contributed by atoms with Crippen molar-refractivity contribution in [1.82, 2.24) is 4.57 Å². The van der Waals surface area contributed by atoms with E-state index < -0.39 is 0 Å². The van der Waals surface area contributed by atoms with Gasteiger partial charge in [-0.25, -0.2) is 0 Å². The fourth-order valence-corrected chi connectivity index (χ4v) is 4.25. The number of nitrogens with zero attached hydrogens (tertiary/aromatic N) is 2. The normalized spacial score (nSPS) is 11.6. The lowest BCUT2D eigenvalue weighted by Gasteiger charge is -2.10. The van der Waals surface area contributed by atoms with E-state index in [0.717, 1.165) is 21.3 Å². The van der Waals surface area contributed by atoms with E-state index in [1.807, 2.05) is 10.6 Å². The number of aryl methyl sites for hydroxylation is 2. The van der Waals surface area contributed by atoms with Crippen molar-refractivity contribution in [2.45, 2.75) is 20.4 Å². The molecule has 0 aliphatic heterocycles. The van der Waals surface area contributed by atoms with Crippen molar-refractivity contribution in [3.63, 3.8) is 0 Å². The summed E-state index contributed by atoms with van der Waals surface area (Å²) in [5.41, 5.74) is 3.75. The summed E-state index contributed by atoms with van der Waals surface area (Å²) in [6.07, 6.45) is 1.81. The van der Waals surface area contributed by atoms with Crippen LogP contribution in [0.1, 0.15) is 21.5 Å². The Kier molecular flexibility index (Phi) is 5.46. The molecule has 0 unspecified atom stereocenters. The van der Waals surface area contributed by atoms with Gasteiger partial charge in [-0.3, -0.25) is 4.79 Å². The maximum Gasteiger partial charge on any atom is 0.283 e. The molecule has 0 atom stereocenters. The van der Waals surface area contributed by atoms with Gasteiger partial charge in [0.2, 0.25) is 0 Å². The molecule has 0 N–H and O–H groups in total. The fourth-order valence-electron chi connectivity index (χ4n) is 3.06. The van der Waals surface area contributed by atoms with E-state index >= 15 is 0 Å². The molecular weight excluding hydrogens is 360 g/mol. The Labute approximate surface area is 162 Å². The molecule has 1 heterocycles. The first-order valence-electron chi connectivity index (χ1n) is 8.52. The lowest BCUT2D eigenvalue weighted by Crippen LogP contribution is -2.17. The van der Waals surface area contributed by atoms with Gasteiger partial charge in [0.05, 0.1) is 30.0 Å². The number of allylic oxidation sites excluding steroid dienone is 1. The molecule has 0 saturated carbocycles. The van der Waals surface area contributed by atoms with E-state index in [0.29, 0.717) is 28.4 Å². The van der Waals surface area contributed by atoms with Crippen molar-refractivity contribution in [2.24, 2.45) is 4.99 Å². The van der Waals surface area contributed by atoms with Crippen molar-refractivity contribution in [1.29, 1.82) is 0 Å². The SMILES string of the molecule is C=CCn1c(=NC(=O)c2cccc(OC)c2OC)sc2c(C)ccc(C)c21. The van der Waals surface area contributed by atoms with Gasteiger partial charge in [0, 0.05) is 6.54 Å². The minimum atomic E-state index is -0.370. The molecule has 2 aromatic carbocycles. The van der Waals surface area contributed by atoms with Gasteiger partial charge >= 0.3 is 0 Å². The molecule has 0 aliphatic carbocycles. The summed E-state index contributed by atoms with van der Waals surface area (Å²) < 4.78 is 13.8. The highest BCUT2D eigenvalue weighted by Crippen LogP contribution is 2.31. The van der Waals surface area contributed by atoms with Crippen LogP contribution in [0.2, 0.25) is 0 Å². The Balaban J connectivity index is 2.24. The van der Waals surface area contributed by atoms with Crippen LogP contribution in [0.5, 0.6) is 11.5 Å². The molecule has 3 rings (SSSR count). The van der Waals surface area contributed by atoms with Crippen LogP contribution in [-0.2, 0) is 6.54 Å². The van der Waals surface area contributed by atoms with Crippen LogP contribution in [0, 0.1) is 13.8 Å². The summed E-state index contributed by atoms with van der Waals surface area (Å²) in [6.45, 7) is 8.54. The van der Waals surface area contributed by atoms with Gasteiger partial charge in [0.25, 0.3) is 5.91 Å². The molecule has 0 spiro atoms. The molecular formula is C21H22N2O3S. The van der Waals surface area contributed by atoms with E-state index in [4.69, 9.17) is 9.47 Å². The van der Waals surface area contributed by atoms with E-state index in [9.17, 15) is 4.79 Å². The molecule has 0 fully saturated rings. The van der Waals surface area contributed by atoms with Crippen molar-refractivity contribution < 1.29 is 14.3 Å². The minimum Gasteiger partial charge on any atom is -0.493 e. The predicted molar refractivity (Wildman–Crippen MR) is 109 cm³/mol. The molecule has 0 radical (unpaired) electrons. The first kappa shape index (κ1) is 18.9. The summed E-state index contributed by atoms with van der Waals surface area (Å²) in [5, 5.41) is 0. The number of hydrogen-bond donors (Lipinski definition) is 0. The van der Waals surface area contributed by atoms with Gasteiger partial charge in [-0.15, -0.1) is 6.58 Å². The minimum absolute atomic E-state index is 0.368. The highest BCUT2D eigenvalue weighted by molar-refractivity contribution is 7.16. The molecule has 0 bridgehead atoms. The number of ether oxygens (including phenoxy) is 2. The smallest absolute Gasteiger partial charge is 0.283 e. The largest absolute Gasteiger partial charge is 0.493 e. The average molecular weight is 382 g/mol. The fraction of sp³-hybridized carbons (Fsp3) is 0.238. The molecule has 6 heteroatoms. The number of amides is 1. The number of rotatable bonds is 5. The lowest BCUT2D eigenvalue weighted by molar-refractivity contribution is 0.0994. The number of thiazole rings is 1. The van der Waals surface area contributed by atoms with Gasteiger partial charge in [-0.05, 0) is 37.1 Å². The molecule has 1 amide bonds. The summed E-state index contributed by atoms with van der Waals surface area (Å²) in [5.74, 6) is 0.517. The standard InChI is InChI=1S/C21H22N2O3S/c1-6-12-23-17-13(2)10-11-14(3)19(17)27-21(23)22-20(24)15-8-7-9-16(25-4)18(15)26-5/h6-11H,1,12H2,2-5H3. The Bertz CT molecular complexity index is 1090. The van der Waals surface area contributed by atoms with Crippen LogP contribution < -0.4 is 14.3 Å². The van der Waals surface area contributed by atoms with Crippen LogP contribution in [-0.4, -0.2) is 24.7 Å². The molecule has 0 aliphatic rings. The van der Waals surface area contributed by atoms with Crippen molar-refractivity contribution in [3.8, 4) is 11.5 Å². The maximum atomic E-state index is 12.9. The topological polar surface area (TPSA) is 52.8 Å². The Morgan fingerprint density at radius 1 is 1.19 bits per heavy atom. The zero-order valence-electron chi connectivity index (χ0n) is 15.9. The average Bonchev–Trinajstić information content (AvgIpc) is 3.03. The molecule has 1 aromatic heterocycles. The summed E-state index contributed by atoms with van der Waals surface area (Å²) in [7, 11) is 3.05. The molecule has 27 heavy (non-hydrogen) atoms. The molecule has 5 nitrogen and oxygen atoms in total. The quantitative estimate of drug-likeness (QED) is 0.620. The number of methoxy groups -OCH3 is 2. The lowest BCUT2D eigenvalue weighted by atomic mass is 10.1. The zero-order valence-corrected chi connectivity index (χ0v) is 16.7. The van der Waals surface area contributed by atoms with E-state index in [2.05, 4.69) is 37.6 Å². The van der Waals surface area contributed by atoms with E-state index in [-0.39, 0.29) is 5.91 Å². The number of para-hydroxylation sites is 1. The second kappa shape index (κ2) is 7.80. The number of hydrogen-bond acceptors (Lipinski definition) is 4. The van der Waals surface area contributed by atoms with Crippen LogP contribution >= 0.6 is 11.3 Å². The zero-order chi connectivity index (χ0) is 19.6. The van der Waals surface area contributed by atoms with Crippen molar-refractivity contribution >= 4 is 27.5 Å². The van der Waals surface area contributed by atoms with Crippen LogP contribution in [0.15, 0.2) is 48.0 Å². The van der Waals surface area contributed by atoms with E-state index in [1.165, 1.54) is 18.4 Å². The third-order valence-corrected chi connectivity index (χ3v) is 5.58. The predicted octanol–water partition coefficient (Wildman–Crippen LogP) is 4.26. The highest BCUT2D eigenvalue weighted by atomic mass is 32.1. The number of aromatic nitrogens is 1. The summed E-state index contributed by atoms with van der Waals surface area (Å²) in [6, 6.07) is 9.36. The van der Waals surface area contributed by atoms with Crippen LogP contribution in [0.4, 0.5) is 0 Å². The monoisotopic (exact) mass is 382 g/mol. The Hall–Kier alpha value is -2.86. The second-order valence-electron chi connectivity index (χ2n) is 6.12. The molecule has 140 valence electrons. The van der Waals surface area contributed by atoms with Gasteiger partial charge < -0.3 is 14.0 Å². The van der Waals surface area contributed by atoms with Crippen LogP contribution in [0.25, 0.3) is 10.2 Å².